The van der Waals surface area contributed by atoms with E-state index >= 15 is 0 Å². The van der Waals surface area contributed by atoms with Crippen LogP contribution in [0.15, 0.2) is 33.7 Å². The molecular formula is C17H16O5. The molecule has 5 nitrogen and oxygen atoms in total. The van der Waals surface area contributed by atoms with Gasteiger partial charge in [-0.3, -0.25) is 9.59 Å². The van der Waals surface area contributed by atoms with Gasteiger partial charge in [-0.1, -0.05) is 18.8 Å². The van der Waals surface area contributed by atoms with Crippen LogP contribution in [0, 0.1) is 11.8 Å². The van der Waals surface area contributed by atoms with Crippen molar-refractivity contribution in [3.8, 4) is 17.6 Å². The highest BCUT2D eigenvalue weighted by atomic mass is 16.5. The Balaban J connectivity index is 2.18. The molecule has 0 spiro atoms. The molecule has 0 atom stereocenters. The van der Waals surface area contributed by atoms with Crippen LogP contribution >= 0.6 is 0 Å². The van der Waals surface area contributed by atoms with Gasteiger partial charge in [0.05, 0.1) is 12.5 Å². The van der Waals surface area contributed by atoms with Gasteiger partial charge in [-0.25, -0.2) is 0 Å². The minimum absolute atomic E-state index is 0.0427. The Kier molecular flexibility index (Phi) is 5.21. The molecule has 0 amide bonds. The molecule has 0 aliphatic heterocycles. The zero-order chi connectivity index (χ0) is 15.9. The van der Waals surface area contributed by atoms with Gasteiger partial charge in [-0.05, 0) is 18.6 Å². The molecule has 1 aromatic carbocycles. The predicted molar refractivity (Wildman–Crippen MR) is 81.8 cm³/mol. The molecule has 2 aromatic rings. The number of esters is 1. The molecule has 0 radical (unpaired) electrons. The number of hydrogen-bond acceptors (Lipinski definition) is 5. The topological polar surface area (TPSA) is 65.7 Å². The first-order valence-electron chi connectivity index (χ1n) is 6.89. The van der Waals surface area contributed by atoms with Crippen LogP contribution in [0.1, 0.15) is 25.3 Å². The maximum Gasteiger partial charge on any atom is 0.306 e. The molecule has 0 saturated carbocycles. The summed E-state index contributed by atoms with van der Waals surface area (Å²) in [6, 6.07) is 4.95. The quantitative estimate of drug-likeness (QED) is 0.641. The minimum atomic E-state index is -0.297. The minimum Gasteiger partial charge on any atom is -0.497 e. The normalized spacial score (nSPS) is 9.91. The number of carbonyl (C=O) groups is 1. The highest BCUT2D eigenvalue weighted by Crippen LogP contribution is 2.18. The summed E-state index contributed by atoms with van der Waals surface area (Å²) in [5.74, 6) is 5.62. The summed E-state index contributed by atoms with van der Waals surface area (Å²) < 4.78 is 15.4. The SMILES string of the molecule is CCCC(=O)OCC#Cc1coc2cc(OC)ccc2c1=O. The van der Waals surface area contributed by atoms with Crippen LogP contribution in [0.25, 0.3) is 11.0 Å². The van der Waals surface area contributed by atoms with Crippen molar-refractivity contribution < 1.29 is 18.7 Å². The molecule has 0 unspecified atom stereocenters. The van der Waals surface area contributed by atoms with E-state index in [2.05, 4.69) is 11.8 Å². The Bertz CT molecular complexity index is 792. The van der Waals surface area contributed by atoms with Crippen molar-refractivity contribution in [1.82, 2.24) is 0 Å². The summed E-state index contributed by atoms with van der Waals surface area (Å²) in [4.78, 5) is 23.4. The van der Waals surface area contributed by atoms with Crippen LogP contribution < -0.4 is 10.2 Å². The fraction of sp³-hybridized carbons (Fsp3) is 0.294. The summed E-state index contributed by atoms with van der Waals surface area (Å²) in [6.45, 7) is 1.85. The Labute approximate surface area is 127 Å². The van der Waals surface area contributed by atoms with E-state index in [0.29, 0.717) is 23.1 Å². The summed E-state index contributed by atoms with van der Waals surface area (Å²) in [7, 11) is 1.54. The molecule has 0 aliphatic carbocycles. The third kappa shape index (κ3) is 3.67. The van der Waals surface area contributed by atoms with Crippen LogP contribution in [0.3, 0.4) is 0 Å². The molecule has 1 heterocycles. The summed E-state index contributed by atoms with van der Waals surface area (Å²) in [6.07, 6.45) is 2.39. The van der Waals surface area contributed by atoms with Gasteiger partial charge >= 0.3 is 5.97 Å². The highest BCUT2D eigenvalue weighted by molar-refractivity contribution is 5.79. The van der Waals surface area contributed by atoms with Crippen molar-refractivity contribution in [2.24, 2.45) is 0 Å². The van der Waals surface area contributed by atoms with E-state index in [0.717, 1.165) is 6.42 Å². The number of carbonyl (C=O) groups excluding carboxylic acids is 1. The van der Waals surface area contributed by atoms with E-state index < -0.39 is 0 Å². The fourth-order valence-corrected chi connectivity index (χ4v) is 1.85. The van der Waals surface area contributed by atoms with Gasteiger partial charge in [-0.2, -0.15) is 0 Å². The van der Waals surface area contributed by atoms with Gasteiger partial charge in [0, 0.05) is 12.5 Å². The third-order valence-electron chi connectivity index (χ3n) is 2.96. The molecule has 5 heteroatoms. The second kappa shape index (κ2) is 7.32. The largest absolute Gasteiger partial charge is 0.497 e. The maximum absolute atomic E-state index is 12.2. The van der Waals surface area contributed by atoms with Crippen LogP contribution in [0.2, 0.25) is 0 Å². The summed E-state index contributed by atoms with van der Waals surface area (Å²) in [5.41, 5.74) is 0.435. The number of benzene rings is 1. The maximum atomic E-state index is 12.2. The number of fused-ring (bicyclic) bond motifs is 1. The van der Waals surface area contributed by atoms with Gasteiger partial charge in [0.15, 0.2) is 6.61 Å². The lowest BCUT2D eigenvalue weighted by atomic mass is 10.1. The van der Waals surface area contributed by atoms with E-state index in [4.69, 9.17) is 13.9 Å². The number of ether oxygens (including phenoxy) is 2. The molecule has 2 rings (SSSR count). The molecular weight excluding hydrogens is 284 g/mol. The summed E-state index contributed by atoms with van der Waals surface area (Å²) >= 11 is 0. The Morgan fingerprint density at radius 2 is 2.18 bits per heavy atom. The van der Waals surface area contributed by atoms with Crippen LogP contribution in [-0.2, 0) is 9.53 Å². The van der Waals surface area contributed by atoms with Crippen molar-refractivity contribution in [3.63, 3.8) is 0 Å². The fourth-order valence-electron chi connectivity index (χ4n) is 1.85. The lowest BCUT2D eigenvalue weighted by Crippen LogP contribution is -2.06. The molecule has 114 valence electrons. The first kappa shape index (κ1) is 15.6. The van der Waals surface area contributed by atoms with E-state index in [-0.39, 0.29) is 23.6 Å². The van der Waals surface area contributed by atoms with Gasteiger partial charge in [-0.15, -0.1) is 0 Å². The first-order chi connectivity index (χ1) is 10.7. The summed E-state index contributed by atoms with van der Waals surface area (Å²) in [5, 5.41) is 0.426. The molecule has 0 N–H and O–H groups in total. The average Bonchev–Trinajstić information content (AvgIpc) is 2.53. The van der Waals surface area contributed by atoms with Gasteiger partial charge in [0.2, 0.25) is 5.43 Å². The van der Waals surface area contributed by atoms with E-state index in [1.165, 1.54) is 6.26 Å². The van der Waals surface area contributed by atoms with Crippen LogP contribution in [-0.4, -0.2) is 19.7 Å². The van der Waals surface area contributed by atoms with Crippen molar-refractivity contribution >= 4 is 16.9 Å². The number of hydrogen-bond donors (Lipinski definition) is 0. The standard InChI is InChI=1S/C17H16O5/c1-3-5-16(18)21-9-4-6-12-11-22-15-10-13(20-2)7-8-14(15)17(12)19/h7-8,10-11H,3,5,9H2,1-2H3. The molecule has 0 aliphatic rings. The second-order valence-electron chi connectivity index (χ2n) is 4.55. The third-order valence-corrected chi connectivity index (χ3v) is 2.96. The monoisotopic (exact) mass is 300 g/mol. The highest BCUT2D eigenvalue weighted by Gasteiger charge is 2.06. The molecule has 0 fully saturated rings. The lowest BCUT2D eigenvalue weighted by Gasteiger charge is -2.01. The van der Waals surface area contributed by atoms with Crippen molar-refractivity contribution in [1.29, 1.82) is 0 Å². The Morgan fingerprint density at radius 1 is 1.36 bits per heavy atom. The zero-order valence-electron chi connectivity index (χ0n) is 12.5. The smallest absolute Gasteiger partial charge is 0.306 e. The second-order valence-corrected chi connectivity index (χ2v) is 4.55. The lowest BCUT2D eigenvalue weighted by molar-refractivity contribution is -0.142. The molecule has 0 bridgehead atoms. The number of methoxy groups -OCH3 is 1. The molecule has 22 heavy (non-hydrogen) atoms. The van der Waals surface area contributed by atoms with Gasteiger partial charge in [0.25, 0.3) is 0 Å². The zero-order valence-corrected chi connectivity index (χ0v) is 12.5. The van der Waals surface area contributed by atoms with Crippen molar-refractivity contribution in [2.45, 2.75) is 19.8 Å². The van der Waals surface area contributed by atoms with Gasteiger partial charge in [0.1, 0.15) is 23.2 Å². The van der Waals surface area contributed by atoms with E-state index in [1.54, 1.807) is 25.3 Å². The Morgan fingerprint density at radius 3 is 2.91 bits per heavy atom. The average molecular weight is 300 g/mol. The molecule has 1 aromatic heterocycles. The van der Waals surface area contributed by atoms with Gasteiger partial charge < -0.3 is 13.9 Å². The van der Waals surface area contributed by atoms with E-state index in [9.17, 15) is 9.59 Å². The molecule has 0 saturated heterocycles. The van der Waals surface area contributed by atoms with Crippen LogP contribution in [0.5, 0.6) is 5.75 Å². The predicted octanol–water partition coefficient (Wildman–Crippen LogP) is 2.50. The van der Waals surface area contributed by atoms with Crippen molar-refractivity contribution in [3.05, 3.63) is 40.2 Å². The Hall–Kier alpha value is -2.74. The van der Waals surface area contributed by atoms with Crippen molar-refractivity contribution in [2.75, 3.05) is 13.7 Å². The number of rotatable bonds is 4. The van der Waals surface area contributed by atoms with Crippen LogP contribution in [0.4, 0.5) is 0 Å². The van der Waals surface area contributed by atoms with E-state index in [1.807, 2.05) is 6.92 Å². The first-order valence-corrected chi connectivity index (χ1v) is 6.89.